The number of aliphatic hydroxyl groups is 1. The van der Waals surface area contributed by atoms with Gasteiger partial charge in [-0.05, 0) is 36.7 Å². The zero-order valence-corrected chi connectivity index (χ0v) is 10.5. The summed E-state index contributed by atoms with van der Waals surface area (Å²) in [6.07, 6.45) is 0.601. The molecule has 1 unspecified atom stereocenters. The minimum Gasteiger partial charge on any atom is -0.395 e. The average molecular weight is 291 g/mol. The van der Waals surface area contributed by atoms with Crippen molar-refractivity contribution in [3.63, 3.8) is 0 Å². The molecule has 1 aromatic carbocycles. The molecular formula is C11H16BrFN2O. The van der Waals surface area contributed by atoms with Gasteiger partial charge in [0.2, 0.25) is 0 Å². The fraction of sp³-hybridized carbons (Fsp3) is 0.455. The van der Waals surface area contributed by atoms with Crippen molar-refractivity contribution in [1.29, 1.82) is 0 Å². The largest absolute Gasteiger partial charge is 0.395 e. The van der Waals surface area contributed by atoms with Crippen LogP contribution in [0.5, 0.6) is 0 Å². The van der Waals surface area contributed by atoms with Crippen molar-refractivity contribution in [3.8, 4) is 0 Å². The van der Waals surface area contributed by atoms with Crippen LogP contribution in [0.4, 0.5) is 4.39 Å². The Morgan fingerprint density at radius 2 is 2.25 bits per heavy atom. The number of aliphatic hydroxyl groups excluding tert-OH is 1. The quantitative estimate of drug-likeness (QED) is 0.686. The van der Waals surface area contributed by atoms with Crippen LogP contribution >= 0.6 is 15.9 Å². The third kappa shape index (κ3) is 4.57. The Balaban J connectivity index is 2.34. The molecule has 0 fully saturated rings. The molecule has 3 nitrogen and oxygen atoms in total. The Labute approximate surface area is 103 Å². The van der Waals surface area contributed by atoms with Crippen molar-refractivity contribution in [2.24, 2.45) is 5.73 Å². The molecule has 90 valence electrons. The Morgan fingerprint density at radius 1 is 1.50 bits per heavy atom. The molecule has 0 heterocycles. The van der Waals surface area contributed by atoms with Crippen molar-refractivity contribution in [2.45, 2.75) is 12.5 Å². The van der Waals surface area contributed by atoms with Crippen molar-refractivity contribution >= 4 is 15.9 Å². The Morgan fingerprint density at radius 3 is 2.94 bits per heavy atom. The maximum atomic E-state index is 13.3. The Hall–Kier alpha value is -0.490. The molecule has 1 atom stereocenters. The smallest absolute Gasteiger partial charge is 0.126 e. The summed E-state index contributed by atoms with van der Waals surface area (Å²) in [6.45, 7) is 1.13. The number of hydrogen-bond acceptors (Lipinski definition) is 3. The molecule has 0 aliphatic heterocycles. The van der Waals surface area contributed by atoms with Crippen LogP contribution in [0.25, 0.3) is 0 Å². The normalized spacial score (nSPS) is 12.8. The average Bonchev–Trinajstić information content (AvgIpc) is 2.28. The fourth-order valence-corrected chi connectivity index (χ4v) is 1.72. The maximum Gasteiger partial charge on any atom is 0.126 e. The molecule has 5 heteroatoms. The van der Waals surface area contributed by atoms with Crippen LogP contribution in [-0.4, -0.2) is 30.8 Å². The van der Waals surface area contributed by atoms with Gasteiger partial charge in [-0.3, -0.25) is 0 Å². The monoisotopic (exact) mass is 290 g/mol. The Bertz CT molecular complexity index is 336. The molecule has 1 rings (SSSR count). The van der Waals surface area contributed by atoms with E-state index in [0.717, 1.165) is 4.47 Å². The molecule has 0 saturated carbocycles. The van der Waals surface area contributed by atoms with Gasteiger partial charge in [0.1, 0.15) is 5.82 Å². The third-order valence-electron chi connectivity index (χ3n) is 2.22. The lowest BCUT2D eigenvalue weighted by Crippen LogP contribution is -2.37. The molecule has 0 aliphatic rings. The molecular weight excluding hydrogens is 275 g/mol. The molecule has 0 radical (unpaired) electrons. The van der Waals surface area contributed by atoms with Crippen molar-refractivity contribution in [3.05, 3.63) is 34.1 Å². The van der Waals surface area contributed by atoms with Gasteiger partial charge in [0.05, 0.1) is 6.61 Å². The number of nitrogens with one attached hydrogen (secondary N) is 1. The molecule has 0 saturated heterocycles. The van der Waals surface area contributed by atoms with Crippen LogP contribution in [0, 0.1) is 5.82 Å². The highest BCUT2D eigenvalue weighted by Gasteiger charge is 2.03. The van der Waals surface area contributed by atoms with Crippen molar-refractivity contribution in [1.82, 2.24) is 5.32 Å². The van der Waals surface area contributed by atoms with E-state index >= 15 is 0 Å². The first kappa shape index (κ1) is 13.6. The molecule has 0 bridgehead atoms. The lowest BCUT2D eigenvalue weighted by Gasteiger charge is -2.10. The second-order valence-corrected chi connectivity index (χ2v) is 4.55. The standard InChI is InChI=1S/C11H16BrFN2O/c12-9-1-2-11(13)8(5-9)3-4-15-6-10(14)7-16/h1-2,5,10,15-16H,3-4,6-7,14H2. The van der Waals surface area contributed by atoms with E-state index in [9.17, 15) is 4.39 Å². The minimum atomic E-state index is -0.257. The summed E-state index contributed by atoms with van der Waals surface area (Å²) in [7, 11) is 0. The fourth-order valence-electron chi connectivity index (χ4n) is 1.31. The number of hydrogen-bond donors (Lipinski definition) is 3. The SMILES string of the molecule is NC(CO)CNCCc1cc(Br)ccc1F. The predicted molar refractivity (Wildman–Crippen MR) is 65.7 cm³/mol. The van der Waals surface area contributed by atoms with E-state index in [2.05, 4.69) is 21.2 Å². The van der Waals surface area contributed by atoms with Gasteiger partial charge in [-0.25, -0.2) is 4.39 Å². The topological polar surface area (TPSA) is 58.3 Å². The van der Waals surface area contributed by atoms with E-state index in [-0.39, 0.29) is 18.5 Å². The lowest BCUT2D eigenvalue weighted by molar-refractivity contribution is 0.262. The number of nitrogens with two attached hydrogens (primary N) is 1. The summed E-state index contributed by atoms with van der Waals surface area (Å²) in [4.78, 5) is 0. The third-order valence-corrected chi connectivity index (χ3v) is 2.71. The first-order chi connectivity index (χ1) is 7.63. The number of benzene rings is 1. The van der Waals surface area contributed by atoms with Crippen LogP contribution in [0.15, 0.2) is 22.7 Å². The van der Waals surface area contributed by atoms with E-state index in [1.165, 1.54) is 6.07 Å². The maximum absolute atomic E-state index is 13.3. The zero-order valence-electron chi connectivity index (χ0n) is 8.92. The number of halogens is 2. The summed E-state index contributed by atoms with van der Waals surface area (Å²) in [6, 6.07) is 4.63. The van der Waals surface area contributed by atoms with Crippen molar-refractivity contribution in [2.75, 3.05) is 19.7 Å². The van der Waals surface area contributed by atoms with Crippen LogP contribution in [0.2, 0.25) is 0 Å². The van der Waals surface area contributed by atoms with Crippen LogP contribution < -0.4 is 11.1 Å². The van der Waals surface area contributed by atoms with Crippen LogP contribution in [0.3, 0.4) is 0 Å². The van der Waals surface area contributed by atoms with Crippen LogP contribution in [0.1, 0.15) is 5.56 Å². The van der Waals surface area contributed by atoms with Gasteiger partial charge < -0.3 is 16.2 Å². The molecule has 0 aliphatic carbocycles. The van der Waals surface area contributed by atoms with Gasteiger partial charge >= 0.3 is 0 Å². The highest BCUT2D eigenvalue weighted by molar-refractivity contribution is 9.10. The molecule has 0 amide bonds. The summed E-state index contributed by atoms with van der Waals surface area (Å²) in [5.74, 6) is -0.198. The molecule has 16 heavy (non-hydrogen) atoms. The summed E-state index contributed by atoms with van der Waals surface area (Å²) < 4.78 is 14.2. The van der Waals surface area contributed by atoms with Gasteiger partial charge in [0.25, 0.3) is 0 Å². The predicted octanol–water partition coefficient (Wildman–Crippen LogP) is 1.04. The van der Waals surface area contributed by atoms with E-state index in [1.807, 2.05) is 0 Å². The summed E-state index contributed by atoms with van der Waals surface area (Å²) >= 11 is 3.30. The molecule has 0 aromatic heterocycles. The summed E-state index contributed by atoms with van der Waals surface area (Å²) in [5, 5.41) is 11.8. The summed E-state index contributed by atoms with van der Waals surface area (Å²) in [5.41, 5.74) is 6.18. The zero-order chi connectivity index (χ0) is 12.0. The van der Waals surface area contributed by atoms with E-state index in [4.69, 9.17) is 10.8 Å². The molecule has 1 aromatic rings. The minimum absolute atomic E-state index is 0.0434. The highest BCUT2D eigenvalue weighted by atomic mass is 79.9. The second-order valence-electron chi connectivity index (χ2n) is 3.63. The van der Waals surface area contributed by atoms with Gasteiger partial charge in [-0.1, -0.05) is 15.9 Å². The molecule has 4 N–H and O–H groups in total. The van der Waals surface area contributed by atoms with E-state index in [1.54, 1.807) is 12.1 Å². The lowest BCUT2D eigenvalue weighted by atomic mass is 10.1. The van der Waals surface area contributed by atoms with Gasteiger partial charge in [0, 0.05) is 17.1 Å². The van der Waals surface area contributed by atoms with E-state index < -0.39 is 0 Å². The van der Waals surface area contributed by atoms with Gasteiger partial charge in [-0.15, -0.1) is 0 Å². The van der Waals surface area contributed by atoms with Gasteiger partial charge in [-0.2, -0.15) is 0 Å². The first-order valence-corrected chi connectivity index (χ1v) is 5.94. The van der Waals surface area contributed by atoms with E-state index in [0.29, 0.717) is 25.1 Å². The van der Waals surface area contributed by atoms with Gasteiger partial charge in [0.15, 0.2) is 0 Å². The highest BCUT2D eigenvalue weighted by Crippen LogP contribution is 2.15. The molecule has 0 spiro atoms. The number of rotatable bonds is 6. The Kier molecular flexibility index (Phi) is 5.90. The second kappa shape index (κ2) is 6.96. The van der Waals surface area contributed by atoms with Crippen LogP contribution in [-0.2, 0) is 6.42 Å². The van der Waals surface area contributed by atoms with Crippen molar-refractivity contribution < 1.29 is 9.50 Å². The first-order valence-electron chi connectivity index (χ1n) is 5.14.